The zero-order valence-corrected chi connectivity index (χ0v) is 10.9. The van der Waals surface area contributed by atoms with E-state index in [-0.39, 0.29) is 5.25 Å². The molecule has 2 unspecified atom stereocenters. The second-order valence-electron chi connectivity index (χ2n) is 3.84. The minimum atomic E-state index is -0.812. The zero-order chi connectivity index (χ0) is 12.1. The first-order valence-corrected chi connectivity index (χ1v) is 6.87. The average molecular weight is 241 g/mol. The predicted octanol–water partition coefficient (Wildman–Crippen LogP) is 1.56. The van der Waals surface area contributed by atoms with E-state index in [9.17, 15) is 4.21 Å². The summed E-state index contributed by atoms with van der Waals surface area (Å²) in [4.78, 5) is 4.37. The number of imidazole rings is 1. The number of aryl methyl sites for hydroxylation is 1. The molecule has 0 fully saturated rings. The zero-order valence-electron chi connectivity index (χ0n) is 10.1. The number of hydrogen-bond donors (Lipinski definition) is 1. The van der Waals surface area contributed by atoms with E-state index in [1.807, 2.05) is 24.6 Å². The van der Waals surface area contributed by atoms with Gasteiger partial charge in [0.1, 0.15) is 0 Å². The van der Waals surface area contributed by atoms with Crippen LogP contribution in [0.4, 0.5) is 5.95 Å². The minimum Gasteiger partial charge on any atom is -0.352 e. The topological polar surface area (TPSA) is 46.9 Å². The Bertz CT molecular complexity index is 387. The number of anilines is 1. The maximum Gasteiger partial charge on any atom is 0.203 e. The van der Waals surface area contributed by atoms with Gasteiger partial charge in [-0.15, -0.1) is 6.58 Å². The normalized spacial score (nSPS) is 14.4. The number of hydrogen-bond acceptors (Lipinski definition) is 3. The van der Waals surface area contributed by atoms with Gasteiger partial charge in [-0.2, -0.15) is 0 Å². The largest absolute Gasteiger partial charge is 0.352 e. The van der Waals surface area contributed by atoms with Crippen LogP contribution in [0.1, 0.15) is 12.6 Å². The van der Waals surface area contributed by atoms with Crippen LogP contribution >= 0.6 is 0 Å². The van der Waals surface area contributed by atoms with Crippen molar-refractivity contribution < 1.29 is 4.21 Å². The molecule has 16 heavy (non-hydrogen) atoms. The lowest BCUT2D eigenvalue weighted by Gasteiger charge is -2.12. The van der Waals surface area contributed by atoms with E-state index in [0.29, 0.717) is 13.1 Å². The van der Waals surface area contributed by atoms with Crippen LogP contribution in [0.3, 0.4) is 0 Å². The van der Waals surface area contributed by atoms with Gasteiger partial charge < -0.3 is 9.88 Å². The summed E-state index contributed by atoms with van der Waals surface area (Å²) in [6.45, 7) is 8.97. The summed E-state index contributed by atoms with van der Waals surface area (Å²) in [7, 11) is -0.812. The first-order chi connectivity index (χ1) is 7.54. The molecule has 0 aliphatic rings. The van der Waals surface area contributed by atoms with Crippen molar-refractivity contribution in [2.24, 2.45) is 0 Å². The molecule has 0 spiro atoms. The second-order valence-corrected chi connectivity index (χ2v) is 5.64. The molecule has 0 saturated heterocycles. The maximum atomic E-state index is 11.3. The number of rotatable bonds is 6. The number of aromatic nitrogens is 2. The second kappa shape index (κ2) is 5.84. The Kier molecular flexibility index (Phi) is 4.73. The Morgan fingerprint density at radius 3 is 3.00 bits per heavy atom. The lowest BCUT2D eigenvalue weighted by Crippen LogP contribution is -2.18. The van der Waals surface area contributed by atoms with Crippen LogP contribution in [-0.2, 0) is 17.3 Å². The van der Waals surface area contributed by atoms with E-state index >= 15 is 0 Å². The molecular formula is C11H19N3OS. The van der Waals surface area contributed by atoms with Gasteiger partial charge in [-0.3, -0.25) is 4.21 Å². The van der Waals surface area contributed by atoms with Crippen LogP contribution in [0, 0.1) is 6.92 Å². The van der Waals surface area contributed by atoms with Gasteiger partial charge in [0.15, 0.2) is 0 Å². The lowest BCUT2D eigenvalue weighted by molar-refractivity contribution is 0.645. The molecule has 90 valence electrons. The monoisotopic (exact) mass is 241 g/mol. The van der Waals surface area contributed by atoms with Crippen molar-refractivity contribution in [2.45, 2.75) is 25.6 Å². The van der Waals surface area contributed by atoms with Gasteiger partial charge in [-0.25, -0.2) is 4.98 Å². The van der Waals surface area contributed by atoms with Crippen LogP contribution < -0.4 is 5.32 Å². The fourth-order valence-electron chi connectivity index (χ4n) is 1.37. The summed E-state index contributed by atoms with van der Waals surface area (Å²) in [5.41, 5.74) is 0.959. The number of nitrogens with zero attached hydrogens (tertiary/aromatic N) is 2. The van der Waals surface area contributed by atoms with Gasteiger partial charge >= 0.3 is 0 Å². The summed E-state index contributed by atoms with van der Waals surface area (Å²) < 4.78 is 13.3. The van der Waals surface area contributed by atoms with Crippen molar-refractivity contribution in [2.75, 3.05) is 18.1 Å². The highest BCUT2D eigenvalue weighted by Crippen LogP contribution is 2.10. The van der Waals surface area contributed by atoms with E-state index in [0.717, 1.165) is 11.6 Å². The molecule has 0 radical (unpaired) electrons. The highest BCUT2D eigenvalue weighted by molar-refractivity contribution is 7.84. The van der Waals surface area contributed by atoms with Gasteiger partial charge in [0.2, 0.25) is 5.95 Å². The minimum absolute atomic E-state index is 0.123. The van der Waals surface area contributed by atoms with Crippen molar-refractivity contribution in [3.63, 3.8) is 0 Å². The Morgan fingerprint density at radius 2 is 2.44 bits per heavy atom. The Labute approximate surface area is 99.2 Å². The molecule has 0 saturated carbocycles. The summed E-state index contributed by atoms with van der Waals surface area (Å²) in [6, 6.07) is 0. The SMILES string of the molecule is C=CCNc1nc(C)cn1CC(C)S(C)=O. The lowest BCUT2D eigenvalue weighted by atomic mass is 10.4. The van der Waals surface area contributed by atoms with Crippen LogP contribution in [0.15, 0.2) is 18.9 Å². The van der Waals surface area contributed by atoms with E-state index < -0.39 is 10.8 Å². The van der Waals surface area contributed by atoms with Crippen molar-refractivity contribution in [1.29, 1.82) is 0 Å². The molecule has 1 rings (SSSR count). The van der Waals surface area contributed by atoms with E-state index in [2.05, 4.69) is 16.9 Å². The van der Waals surface area contributed by atoms with Crippen LogP contribution in [0.2, 0.25) is 0 Å². The first-order valence-electron chi connectivity index (χ1n) is 5.25. The van der Waals surface area contributed by atoms with Gasteiger partial charge in [0, 0.05) is 41.6 Å². The highest BCUT2D eigenvalue weighted by Gasteiger charge is 2.11. The first kappa shape index (κ1) is 13.0. The van der Waals surface area contributed by atoms with Crippen molar-refractivity contribution >= 4 is 16.7 Å². The third kappa shape index (κ3) is 3.48. The van der Waals surface area contributed by atoms with Crippen molar-refractivity contribution in [1.82, 2.24) is 9.55 Å². The van der Waals surface area contributed by atoms with Crippen molar-refractivity contribution in [3.8, 4) is 0 Å². The number of nitrogens with one attached hydrogen (secondary N) is 1. The standard InChI is InChI=1S/C11H19N3OS/c1-5-6-12-11-13-9(2)7-14(11)8-10(3)16(4)15/h5,7,10H,1,6,8H2,2-4H3,(H,12,13). The molecule has 2 atom stereocenters. The molecule has 1 N–H and O–H groups in total. The molecule has 0 aliphatic heterocycles. The summed E-state index contributed by atoms with van der Waals surface area (Å²) >= 11 is 0. The van der Waals surface area contributed by atoms with E-state index in [1.54, 1.807) is 12.3 Å². The van der Waals surface area contributed by atoms with Crippen LogP contribution in [0.5, 0.6) is 0 Å². The molecule has 4 nitrogen and oxygen atoms in total. The van der Waals surface area contributed by atoms with Gasteiger partial charge in [-0.1, -0.05) is 6.08 Å². The molecule has 0 amide bonds. The summed E-state index contributed by atoms with van der Waals surface area (Å²) in [6.07, 6.45) is 5.48. The Balaban J connectivity index is 2.77. The van der Waals surface area contributed by atoms with Crippen LogP contribution in [0.25, 0.3) is 0 Å². The maximum absolute atomic E-state index is 11.3. The Morgan fingerprint density at radius 1 is 1.75 bits per heavy atom. The van der Waals surface area contributed by atoms with Gasteiger partial charge in [0.25, 0.3) is 0 Å². The van der Waals surface area contributed by atoms with Crippen LogP contribution in [-0.4, -0.2) is 31.8 Å². The molecule has 0 aromatic carbocycles. The molecule has 1 aromatic rings. The Hall–Kier alpha value is -1.10. The molecule has 1 aromatic heterocycles. The third-order valence-electron chi connectivity index (χ3n) is 2.32. The van der Waals surface area contributed by atoms with Gasteiger partial charge in [-0.05, 0) is 13.8 Å². The molecule has 1 heterocycles. The molecular weight excluding hydrogens is 222 g/mol. The molecule has 0 bridgehead atoms. The van der Waals surface area contributed by atoms with E-state index in [1.165, 1.54) is 0 Å². The molecule has 0 aliphatic carbocycles. The fraction of sp³-hybridized carbons (Fsp3) is 0.545. The fourth-order valence-corrected chi connectivity index (χ4v) is 1.74. The molecule has 5 heteroatoms. The van der Waals surface area contributed by atoms with E-state index in [4.69, 9.17) is 0 Å². The van der Waals surface area contributed by atoms with Gasteiger partial charge in [0.05, 0.1) is 5.69 Å². The average Bonchev–Trinajstić information content (AvgIpc) is 2.55. The van der Waals surface area contributed by atoms with Crippen molar-refractivity contribution in [3.05, 3.63) is 24.5 Å². The summed E-state index contributed by atoms with van der Waals surface area (Å²) in [5, 5.41) is 3.29. The predicted molar refractivity (Wildman–Crippen MR) is 69.2 cm³/mol. The highest BCUT2D eigenvalue weighted by atomic mass is 32.2. The smallest absolute Gasteiger partial charge is 0.203 e. The summed E-state index contributed by atoms with van der Waals surface area (Å²) in [5.74, 6) is 0.815. The third-order valence-corrected chi connectivity index (χ3v) is 3.60. The quantitative estimate of drug-likeness (QED) is 0.769.